The normalized spacial score (nSPS) is 22.1. The molecule has 1 amide bonds. The van der Waals surface area contributed by atoms with Gasteiger partial charge >= 0.3 is 0 Å². The Kier molecular flexibility index (Phi) is 5.02. The maximum Gasteiger partial charge on any atom is 0.242 e. The van der Waals surface area contributed by atoms with Gasteiger partial charge in [0.15, 0.2) is 0 Å². The molecule has 4 nitrogen and oxygen atoms in total. The first-order chi connectivity index (χ1) is 11.1. The Labute approximate surface area is 139 Å². The highest BCUT2D eigenvalue weighted by molar-refractivity contribution is 5.86. The smallest absolute Gasteiger partial charge is 0.242 e. The van der Waals surface area contributed by atoms with E-state index in [-0.39, 0.29) is 5.91 Å². The van der Waals surface area contributed by atoms with Gasteiger partial charge in [-0.15, -0.1) is 0 Å². The zero-order chi connectivity index (χ0) is 16.3. The molecule has 0 unspecified atom stereocenters. The average molecular weight is 315 g/mol. The number of benzene rings is 1. The van der Waals surface area contributed by atoms with Crippen LogP contribution in [0.2, 0.25) is 0 Å². The van der Waals surface area contributed by atoms with Crippen LogP contribution in [0.4, 0.5) is 0 Å². The van der Waals surface area contributed by atoms with Gasteiger partial charge < -0.3 is 10.6 Å². The lowest BCUT2D eigenvalue weighted by Gasteiger charge is -2.41. The Morgan fingerprint density at radius 1 is 1.09 bits per heavy atom. The summed E-state index contributed by atoms with van der Waals surface area (Å²) in [6.07, 6.45) is 5.12. The summed E-state index contributed by atoms with van der Waals surface area (Å²) in [5.74, 6) is 0.188. The summed E-state index contributed by atoms with van der Waals surface area (Å²) in [5, 5.41) is 0. The van der Waals surface area contributed by atoms with E-state index in [1.807, 2.05) is 4.90 Å². The summed E-state index contributed by atoms with van der Waals surface area (Å²) in [7, 11) is 0. The second kappa shape index (κ2) is 7.02. The summed E-state index contributed by atoms with van der Waals surface area (Å²) in [6.45, 7) is 6.64. The Balaban J connectivity index is 1.54. The minimum Gasteiger partial charge on any atom is -0.339 e. The monoisotopic (exact) mass is 315 g/mol. The molecule has 1 aromatic carbocycles. The van der Waals surface area contributed by atoms with Crippen molar-refractivity contribution < 1.29 is 4.79 Å². The molecule has 2 fully saturated rings. The third-order valence-corrected chi connectivity index (χ3v) is 5.49. The van der Waals surface area contributed by atoms with Crippen LogP contribution in [0, 0.1) is 6.92 Å². The molecule has 126 valence electrons. The minimum absolute atomic E-state index is 0.188. The van der Waals surface area contributed by atoms with E-state index in [9.17, 15) is 4.79 Å². The van der Waals surface area contributed by atoms with Crippen molar-refractivity contribution in [2.45, 2.75) is 51.1 Å². The zero-order valence-corrected chi connectivity index (χ0v) is 14.3. The van der Waals surface area contributed by atoms with Crippen molar-refractivity contribution in [3.8, 4) is 0 Å². The van der Waals surface area contributed by atoms with Crippen molar-refractivity contribution in [1.29, 1.82) is 0 Å². The van der Waals surface area contributed by atoms with Gasteiger partial charge in [0.25, 0.3) is 0 Å². The molecule has 2 N–H and O–H groups in total. The van der Waals surface area contributed by atoms with Crippen LogP contribution >= 0.6 is 0 Å². The van der Waals surface area contributed by atoms with Crippen molar-refractivity contribution >= 4 is 5.91 Å². The van der Waals surface area contributed by atoms with Crippen molar-refractivity contribution in [2.75, 3.05) is 26.2 Å². The Morgan fingerprint density at radius 3 is 2.39 bits per heavy atom. The number of hydrogen-bond donors (Lipinski definition) is 1. The first-order valence-electron chi connectivity index (χ1n) is 8.94. The van der Waals surface area contributed by atoms with Crippen LogP contribution in [0.25, 0.3) is 0 Å². The number of nitrogens with zero attached hydrogens (tertiary/aromatic N) is 2. The lowest BCUT2D eigenvalue weighted by Crippen LogP contribution is -2.60. The molecule has 0 bridgehead atoms. The van der Waals surface area contributed by atoms with Crippen LogP contribution in [0.1, 0.15) is 43.2 Å². The summed E-state index contributed by atoms with van der Waals surface area (Å²) >= 11 is 0. The van der Waals surface area contributed by atoms with E-state index in [1.54, 1.807) is 0 Å². The van der Waals surface area contributed by atoms with Gasteiger partial charge in [-0.2, -0.15) is 0 Å². The van der Waals surface area contributed by atoms with Gasteiger partial charge in [0.2, 0.25) is 5.91 Å². The molecule has 0 aromatic heterocycles. The first kappa shape index (κ1) is 16.5. The predicted molar refractivity (Wildman–Crippen MR) is 93.0 cm³/mol. The molecule has 1 aliphatic heterocycles. The van der Waals surface area contributed by atoms with E-state index in [0.717, 1.165) is 58.4 Å². The quantitative estimate of drug-likeness (QED) is 0.931. The van der Waals surface area contributed by atoms with Gasteiger partial charge in [-0.1, -0.05) is 43.5 Å². The largest absolute Gasteiger partial charge is 0.339 e. The van der Waals surface area contributed by atoms with E-state index in [4.69, 9.17) is 5.73 Å². The highest BCUT2D eigenvalue weighted by atomic mass is 16.2. The van der Waals surface area contributed by atoms with Gasteiger partial charge in [0.1, 0.15) is 0 Å². The molecule has 1 heterocycles. The second-order valence-corrected chi connectivity index (χ2v) is 7.21. The fraction of sp³-hybridized carbons (Fsp3) is 0.632. The summed E-state index contributed by atoms with van der Waals surface area (Å²) in [4.78, 5) is 17.2. The lowest BCUT2D eigenvalue weighted by molar-refractivity contribution is -0.140. The van der Waals surface area contributed by atoms with Crippen LogP contribution < -0.4 is 5.73 Å². The third kappa shape index (κ3) is 3.75. The van der Waals surface area contributed by atoms with Crippen molar-refractivity contribution in [2.24, 2.45) is 5.73 Å². The zero-order valence-electron chi connectivity index (χ0n) is 14.3. The number of piperazine rings is 1. The Hall–Kier alpha value is -1.39. The SMILES string of the molecule is Cc1ccccc1CN1CCN(C(=O)C2(N)CCCCC2)CC1. The number of amides is 1. The molecule has 23 heavy (non-hydrogen) atoms. The third-order valence-electron chi connectivity index (χ3n) is 5.49. The Morgan fingerprint density at radius 2 is 1.74 bits per heavy atom. The van der Waals surface area contributed by atoms with E-state index in [0.29, 0.717) is 0 Å². The number of hydrogen-bond acceptors (Lipinski definition) is 3. The summed E-state index contributed by atoms with van der Waals surface area (Å²) in [6, 6.07) is 8.55. The lowest BCUT2D eigenvalue weighted by atomic mass is 9.81. The molecular weight excluding hydrogens is 286 g/mol. The fourth-order valence-electron chi connectivity index (χ4n) is 3.85. The molecule has 1 saturated heterocycles. The molecule has 0 spiro atoms. The first-order valence-corrected chi connectivity index (χ1v) is 8.94. The molecule has 4 heteroatoms. The second-order valence-electron chi connectivity index (χ2n) is 7.21. The average Bonchev–Trinajstić information content (AvgIpc) is 2.58. The number of carbonyl (C=O) groups excluding carboxylic acids is 1. The molecular formula is C19H29N3O. The maximum absolute atomic E-state index is 12.8. The number of aryl methyl sites for hydroxylation is 1. The van der Waals surface area contributed by atoms with Crippen LogP contribution in [-0.4, -0.2) is 47.4 Å². The van der Waals surface area contributed by atoms with Gasteiger partial charge in [0.05, 0.1) is 5.54 Å². The summed E-state index contributed by atoms with van der Waals surface area (Å²) in [5.41, 5.74) is 8.55. The van der Waals surface area contributed by atoms with Crippen LogP contribution in [0.5, 0.6) is 0 Å². The number of rotatable bonds is 3. The number of carbonyl (C=O) groups is 1. The topological polar surface area (TPSA) is 49.6 Å². The Bertz CT molecular complexity index is 543. The molecule has 1 aromatic rings. The summed E-state index contributed by atoms with van der Waals surface area (Å²) < 4.78 is 0. The van der Waals surface area contributed by atoms with E-state index in [1.165, 1.54) is 17.5 Å². The van der Waals surface area contributed by atoms with Gasteiger partial charge in [-0.05, 0) is 30.9 Å². The molecule has 2 aliphatic rings. The van der Waals surface area contributed by atoms with Crippen LogP contribution in [0.15, 0.2) is 24.3 Å². The van der Waals surface area contributed by atoms with Gasteiger partial charge in [0, 0.05) is 32.7 Å². The molecule has 1 aliphatic carbocycles. The van der Waals surface area contributed by atoms with Gasteiger partial charge in [-0.25, -0.2) is 0 Å². The maximum atomic E-state index is 12.8. The highest BCUT2D eigenvalue weighted by Gasteiger charge is 2.39. The highest BCUT2D eigenvalue weighted by Crippen LogP contribution is 2.28. The fourth-order valence-corrected chi connectivity index (χ4v) is 3.85. The molecule has 1 saturated carbocycles. The molecule has 0 radical (unpaired) electrons. The van der Waals surface area contributed by atoms with E-state index >= 15 is 0 Å². The van der Waals surface area contributed by atoms with E-state index < -0.39 is 5.54 Å². The van der Waals surface area contributed by atoms with Gasteiger partial charge in [-0.3, -0.25) is 9.69 Å². The van der Waals surface area contributed by atoms with Crippen molar-refractivity contribution in [3.63, 3.8) is 0 Å². The number of nitrogens with two attached hydrogens (primary N) is 1. The van der Waals surface area contributed by atoms with Crippen molar-refractivity contribution in [1.82, 2.24) is 9.80 Å². The predicted octanol–water partition coefficient (Wildman–Crippen LogP) is 2.30. The van der Waals surface area contributed by atoms with E-state index in [2.05, 4.69) is 36.1 Å². The van der Waals surface area contributed by atoms with Crippen LogP contribution in [-0.2, 0) is 11.3 Å². The van der Waals surface area contributed by atoms with Crippen LogP contribution in [0.3, 0.4) is 0 Å². The standard InChI is InChI=1S/C19H29N3O/c1-16-7-3-4-8-17(16)15-21-11-13-22(14-12-21)18(23)19(20)9-5-2-6-10-19/h3-4,7-8H,2,5-6,9-15,20H2,1H3. The molecule has 0 atom stereocenters. The van der Waals surface area contributed by atoms with Crippen molar-refractivity contribution in [3.05, 3.63) is 35.4 Å². The minimum atomic E-state index is -0.587. The molecule has 3 rings (SSSR count).